The lowest BCUT2D eigenvalue weighted by Gasteiger charge is -2.58. The Bertz CT molecular complexity index is 3120. The second-order valence-corrected chi connectivity index (χ2v) is 45.8. The maximum atomic E-state index is 12.2. The largest absolute Gasteiger partial charge is 0.351 e. The molecule has 0 spiro atoms. The third kappa shape index (κ3) is 17.6. The third-order valence-electron chi connectivity index (χ3n) is 27.3. The van der Waals surface area contributed by atoms with E-state index in [1.807, 2.05) is 0 Å². The number of nitrogens with zero attached hydrogens (tertiary/aromatic N) is 18. The Morgan fingerprint density at radius 2 is 0.391 bits per heavy atom. The lowest BCUT2D eigenvalue weighted by Crippen LogP contribution is -2.68. The number of unbranched alkanes of at least 4 members (excludes halogenated alkanes) is 1. The van der Waals surface area contributed by atoms with E-state index in [4.69, 9.17) is 29.9 Å². The molecule has 8 aliphatic rings. The van der Waals surface area contributed by atoms with Crippen molar-refractivity contribution in [2.75, 3.05) is 43.3 Å². The van der Waals surface area contributed by atoms with Crippen molar-refractivity contribution in [2.24, 2.45) is 0 Å². The van der Waals surface area contributed by atoms with Crippen LogP contribution in [0.2, 0.25) is 0 Å². The van der Waals surface area contributed by atoms with Gasteiger partial charge in [-0.3, -0.25) is 0 Å². The minimum absolute atomic E-state index is 0.154. The van der Waals surface area contributed by atoms with Crippen LogP contribution in [0.1, 0.15) is 337 Å². The Labute approximate surface area is 662 Å². The molecule has 0 atom stereocenters. The average Bonchev–Trinajstić information content (AvgIpc) is 0.744. The molecule has 0 aromatic carbocycles. The van der Waals surface area contributed by atoms with Crippen LogP contribution in [0, 0.1) is 0 Å². The first-order chi connectivity index (χ1) is 49.6. The standard InChI is InChI=1S/C82H154N20O8/c1-67(2)37-53(38-68(3,4)95(67)103)83-61-85-63(89-65(87-61)93(57-45-75(17,18)99(107)76(19,20)46-57)58-47-77(21,22)100(108)78(23,24)48-58)91(55-41-71(9,10)97(105)72(11,12)42-55)35-33-34-36-92(56-43-73(13,14)98(106)74(15,16)44-56)64-86-62(84-54-39-69(5,6)96(104)70(7,8)40-54)88-66(90-64)94(59-49-79(25,26)101(109)80(27,28)50-59)60-51-81(29,30)102(110)82(31,32)52-60/h53-60,103-110H,33-52H2,1-32H3,(H,83,85,87,89)(H,84,86,88,90). The quantitative estimate of drug-likeness (QED) is 0.0585. The van der Waals surface area contributed by atoms with Gasteiger partial charge in [0.05, 0.1) is 0 Å². The lowest BCUT2D eigenvalue weighted by atomic mass is 9.74. The van der Waals surface area contributed by atoms with Gasteiger partial charge in [-0.1, -0.05) is 0 Å². The lowest BCUT2D eigenvalue weighted by molar-refractivity contribution is -0.251. The number of aromatic nitrogens is 6. The molecule has 10 rings (SSSR count). The highest BCUT2D eigenvalue weighted by Crippen LogP contribution is 2.51. The molecule has 8 fully saturated rings. The molecule has 0 bridgehead atoms. The average molecular weight is 1550 g/mol. The van der Waals surface area contributed by atoms with Gasteiger partial charge in [-0.25, -0.2) is 0 Å². The van der Waals surface area contributed by atoms with Gasteiger partial charge in [0.25, 0.3) is 0 Å². The van der Waals surface area contributed by atoms with Crippen LogP contribution in [0.25, 0.3) is 0 Å². The van der Waals surface area contributed by atoms with Crippen LogP contribution < -0.4 is 30.2 Å². The molecule has 110 heavy (non-hydrogen) atoms. The second kappa shape index (κ2) is 29.1. The molecule has 10 heterocycles. The summed E-state index contributed by atoms with van der Waals surface area (Å²) >= 11 is 0. The predicted octanol–water partition coefficient (Wildman–Crippen LogP) is 14.9. The zero-order valence-electron chi connectivity index (χ0n) is 74.4. The summed E-state index contributed by atoms with van der Waals surface area (Å²) in [7, 11) is 0. The van der Waals surface area contributed by atoms with Gasteiger partial charge in [-0.15, -0.1) is 0 Å². The Kier molecular flexibility index (Phi) is 23.4. The molecular formula is C82H154N20O8. The fraction of sp³-hybridized carbons (Fsp3) is 0.927. The van der Waals surface area contributed by atoms with Gasteiger partial charge < -0.3 is 71.9 Å². The van der Waals surface area contributed by atoms with E-state index in [1.54, 1.807) is 0 Å². The van der Waals surface area contributed by atoms with Crippen molar-refractivity contribution in [2.45, 2.75) is 474 Å². The van der Waals surface area contributed by atoms with Gasteiger partial charge in [-0.2, -0.15) is 70.4 Å². The molecule has 28 heteroatoms. The van der Waals surface area contributed by atoms with Crippen LogP contribution >= 0.6 is 0 Å². The minimum Gasteiger partial charge on any atom is -0.351 e. The molecule has 0 aliphatic carbocycles. The number of hydrogen-bond acceptors (Lipinski definition) is 28. The Hall–Kier alpha value is -3.82. The molecule has 0 radical (unpaired) electrons. The van der Waals surface area contributed by atoms with Gasteiger partial charge in [-0.05, 0) is 337 Å². The van der Waals surface area contributed by atoms with Crippen LogP contribution in [0.3, 0.4) is 0 Å². The number of hydroxylamine groups is 16. The highest BCUT2D eigenvalue weighted by atomic mass is 16.5. The van der Waals surface area contributed by atoms with Crippen LogP contribution in [0.15, 0.2) is 0 Å². The molecule has 10 N–H and O–H groups in total. The maximum Gasteiger partial charge on any atom is 0.232 e. The summed E-state index contributed by atoms with van der Waals surface area (Å²) in [6.07, 6.45) is 10.7. The van der Waals surface area contributed by atoms with Crippen LogP contribution in [0.4, 0.5) is 35.7 Å². The molecule has 0 amide bonds. The smallest absolute Gasteiger partial charge is 0.232 e. The summed E-state index contributed by atoms with van der Waals surface area (Å²) in [4.78, 5) is 43.9. The highest BCUT2D eigenvalue weighted by molar-refractivity contribution is 5.51. The maximum absolute atomic E-state index is 12.2. The van der Waals surface area contributed by atoms with Crippen molar-refractivity contribution in [1.29, 1.82) is 0 Å². The fourth-order valence-electron chi connectivity index (χ4n) is 23.7. The number of piperidine rings is 8. The van der Waals surface area contributed by atoms with E-state index >= 15 is 0 Å². The number of nitrogens with one attached hydrogen (secondary N) is 2. The van der Waals surface area contributed by atoms with Crippen LogP contribution in [-0.4, -0.2) is 262 Å². The predicted molar refractivity (Wildman–Crippen MR) is 434 cm³/mol. The SMILES string of the molecule is CC1(C)CC(Nc2nc(N(CCCCN(c3nc(NC4CC(C)(C)N(O)C(C)(C)C4)nc(N(C4CC(C)(C)N(O)C(C)(C)C4)C4CC(C)(C)N(O)C(C)(C)C4)n3)C3CC(C)(C)N(O)C(C)(C)C3)C3CC(C)(C)N(O)C(C)(C)C3)nc(N(C3CC(C)(C)N(O)C(C)(C)C3)C3CC(C)(C)N(O)C(C)(C)C3)n2)CC(C)(C)N1O. The van der Waals surface area contributed by atoms with Crippen molar-refractivity contribution < 1.29 is 41.7 Å². The first-order valence-corrected chi connectivity index (χ1v) is 41.7. The summed E-state index contributed by atoms with van der Waals surface area (Å²) in [5, 5.41) is 116. The van der Waals surface area contributed by atoms with Gasteiger partial charge in [0, 0.05) is 150 Å². The zero-order chi connectivity index (χ0) is 82.8. The van der Waals surface area contributed by atoms with Crippen molar-refractivity contribution in [3.8, 4) is 0 Å². The Morgan fingerprint density at radius 3 is 0.573 bits per heavy atom. The van der Waals surface area contributed by atoms with E-state index in [2.05, 4.69) is 252 Å². The van der Waals surface area contributed by atoms with E-state index in [0.717, 1.165) is 0 Å². The molecule has 630 valence electrons. The van der Waals surface area contributed by atoms with E-state index in [0.29, 0.717) is 164 Å². The van der Waals surface area contributed by atoms with Crippen molar-refractivity contribution in [3.63, 3.8) is 0 Å². The van der Waals surface area contributed by atoms with Crippen LogP contribution in [-0.2, 0) is 0 Å². The number of hydrogen-bond donors (Lipinski definition) is 10. The fourth-order valence-corrected chi connectivity index (χ4v) is 23.7. The summed E-state index contributed by atoms with van der Waals surface area (Å²) < 4.78 is 0. The minimum atomic E-state index is -0.677. The second-order valence-electron chi connectivity index (χ2n) is 45.8. The first kappa shape index (κ1) is 88.5. The molecule has 8 saturated heterocycles. The van der Waals surface area contributed by atoms with Crippen molar-refractivity contribution in [3.05, 3.63) is 0 Å². The Balaban J connectivity index is 1.15. The normalized spacial score (nSPS) is 29.1. The van der Waals surface area contributed by atoms with E-state index in [-0.39, 0.29) is 48.3 Å². The molecule has 0 saturated carbocycles. The summed E-state index contributed by atoms with van der Waals surface area (Å²) in [5.41, 5.74) is -10.3. The van der Waals surface area contributed by atoms with E-state index in [9.17, 15) is 41.7 Å². The van der Waals surface area contributed by atoms with Gasteiger partial charge in [0.1, 0.15) is 0 Å². The van der Waals surface area contributed by atoms with Gasteiger partial charge in [0.2, 0.25) is 35.7 Å². The molecule has 0 unspecified atom stereocenters. The highest BCUT2D eigenvalue weighted by Gasteiger charge is 2.58. The molecule has 8 aliphatic heterocycles. The zero-order valence-corrected chi connectivity index (χ0v) is 74.4. The first-order valence-electron chi connectivity index (χ1n) is 41.7. The van der Waals surface area contributed by atoms with Gasteiger partial charge in [0.15, 0.2) is 0 Å². The third-order valence-corrected chi connectivity index (χ3v) is 27.3. The molecular weight excluding hydrogens is 1390 g/mol. The monoisotopic (exact) mass is 1550 g/mol. The summed E-state index contributed by atoms with van der Waals surface area (Å²) in [6, 6.07) is -1.36. The molecule has 2 aromatic heterocycles. The van der Waals surface area contributed by atoms with Crippen molar-refractivity contribution in [1.82, 2.24) is 70.4 Å². The van der Waals surface area contributed by atoms with E-state index in [1.165, 1.54) is 40.5 Å². The molecule has 28 nitrogen and oxygen atoms in total. The van der Waals surface area contributed by atoms with E-state index < -0.39 is 88.6 Å². The van der Waals surface area contributed by atoms with Crippen LogP contribution in [0.5, 0.6) is 0 Å². The van der Waals surface area contributed by atoms with Gasteiger partial charge >= 0.3 is 0 Å². The number of anilines is 6. The molecule has 2 aromatic rings. The Morgan fingerprint density at radius 1 is 0.236 bits per heavy atom. The summed E-state index contributed by atoms with van der Waals surface area (Å²) in [6.45, 7) is 68.1. The number of rotatable bonds is 19. The van der Waals surface area contributed by atoms with Crippen molar-refractivity contribution >= 4 is 35.7 Å². The topological polar surface area (TPSA) is 302 Å². The summed E-state index contributed by atoms with van der Waals surface area (Å²) in [5.74, 6) is 2.87.